The second-order valence-corrected chi connectivity index (χ2v) is 5.85. The maximum Gasteiger partial charge on any atom is 0.327 e. The van der Waals surface area contributed by atoms with Gasteiger partial charge in [-0.3, -0.25) is 4.90 Å². The molecule has 0 radical (unpaired) electrons. The van der Waals surface area contributed by atoms with Crippen LogP contribution < -0.4 is 10.2 Å². The van der Waals surface area contributed by atoms with Crippen LogP contribution in [0.25, 0.3) is 0 Å². The molecule has 1 aromatic carbocycles. The molecule has 0 aromatic heterocycles. The van der Waals surface area contributed by atoms with Gasteiger partial charge in [0.1, 0.15) is 6.04 Å². The maximum absolute atomic E-state index is 12.6. The average Bonchev–Trinajstić information content (AvgIpc) is 3.02. The lowest BCUT2D eigenvalue weighted by atomic mass is 10.0. The summed E-state index contributed by atoms with van der Waals surface area (Å²) in [5, 5.41) is 12.3. The lowest BCUT2D eigenvalue weighted by molar-refractivity contribution is -0.138. The van der Waals surface area contributed by atoms with Crippen molar-refractivity contribution >= 4 is 17.7 Å². The van der Waals surface area contributed by atoms with Crippen LogP contribution in [0.5, 0.6) is 0 Å². The van der Waals surface area contributed by atoms with Gasteiger partial charge in [-0.05, 0) is 25.0 Å². The molecule has 2 amide bonds. The fourth-order valence-electron chi connectivity index (χ4n) is 2.92. The number of rotatable bonds is 2. The van der Waals surface area contributed by atoms with Crippen LogP contribution in [0, 0.1) is 0 Å². The maximum atomic E-state index is 12.6. The first kappa shape index (κ1) is 13.9. The molecule has 6 heteroatoms. The van der Waals surface area contributed by atoms with Crippen LogP contribution in [-0.4, -0.2) is 41.9 Å². The van der Waals surface area contributed by atoms with E-state index in [0.717, 1.165) is 12.0 Å². The molecule has 1 unspecified atom stereocenters. The Balaban J connectivity index is 1.87. The van der Waals surface area contributed by atoms with Crippen LogP contribution in [0.3, 0.4) is 0 Å². The number of amides is 2. The normalized spacial score (nSPS) is 27.5. The quantitative estimate of drug-likeness (QED) is 0.862. The van der Waals surface area contributed by atoms with Crippen LogP contribution >= 0.6 is 0 Å². The number of hydrogen-bond donors (Lipinski definition) is 2. The summed E-state index contributed by atoms with van der Waals surface area (Å²) in [5.41, 5.74) is 1.12. The summed E-state index contributed by atoms with van der Waals surface area (Å²) in [6.07, 6.45) is 1.07. The third-order valence-corrected chi connectivity index (χ3v) is 4.11. The number of carbonyl (C=O) groups is 2. The van der Waals surface area contributed by atoms with Gasteiger partial charge in [0.05, 0.1) is 12.1 Å². The van der Waals surface area contributed by atoms with E-state index in [1.165, 1.54) is 4.90 Å². The zero-order valence-electron chi connectivity index (χ0n) is 11.8. The minimum Gasteiger partial charge on any atom is -0.480 e. The van der Waals surface area contributed by atoms with E-state index in [4.69, 9.17) is 4.74 Å². The number of aliphatic carboxylic acids is 1. The summed E-state index contributed by atoms with van der Waals surface area (Å²) in [6, 6.07) is 6.08. The molecule has 0 saturated carbocycles. The fraction of sp³-hybridized carbons (Fsp3) is 0.467. The number of carboxylic acids is 1. The second kappa shape index (κ2) is 5.04. The molecule has 21 heavy (non-hydrogen) atoms. The molecule has 2 aliphatic heterocycles. The molecule has 1 aromatic rings. The number of urea groups is 1. The van der Waals surface area contributed by atoms with Gasteiger partial charge in [0.15, 0.2) is 0 Å². The molecular weight excluding hydrogens is 272 g/mol. The summed E-state index contributed by atoms with van der Waals surface area (Å²) >= 11 is 0. The fourth-order valence-corrected chi connectivity index (χ4v) is 2.92. The van der Waals surface area contributed by atoms with E-state index in [1.54, 1.807) is 6.07 Å². The Morgan fingerprint density at radius 1 is 1.43 bits per heavy atom. The first-order valence-corrected chi connectivity index (χ1v) is 7.00. The van der Waals surface area contributed by atoms with Gasteiger partial charge in [-0.25, -0.2) is 9.59 Å². The Morgan fingerprint density at radius 3 is 2.86 bits per heavy atom. The number of nitrogens with one attached hydrogen (secondary N) is 1. The number of carboxylic acid groups (broad SMARTS) is 1. The molecule has 0 spiro atoms. The molecule has 1 saturated heterocycles. The molecule has 6 nitrogen and oxygen atoms in total. The zero-order valence-corrected chi connectivity index (χ0v) is 11.8. The molecule has 0 aliphatic carbocycles. The smallest absolute Gasteiger partial charge is 0.327 e. The van der Waals surface area contributed by atoms with E-state index in [-0.39, 0.29) is 6.03 Å². The van der Waals surface area contributed by atoms with Crippen molar-refractivity contribution in [3.05, 3.63) is 29.8 Å². The number of fused-ring (bicyclic) bond motifs is 1. The van der Waals surface area contributed by atoms with Crippen LogP contribution in [0.2, 0.25) is 0 Å². The predicted molar refractivity (Wildman–Crippen MR) is 76.4 cm³/mol. The Morgan fingerprint density at radius 2 is 2.19 bits per heavy atom. The number of ether oxygens (including phenoxy) is 1. The molecular formula is C15H18N2O4. The molecule has 0 bridgehead atoms. The third kappa shape index (κ3) is 2.47. The van der Waals surface area contributed by atoms with Crippen LogP contribution in [-0.2, 0) is 16.0 Å². The minimum absolute atomic E-state index is 0.339. The first-order chi connectivity index (χ1) is 10.0. The van der Waals surface area contributed by atoms with Crippen molar-refractivity contribution < 1.29 is 19.4 Å². The summed E-state index contributed by atoms with van der Waals surface area (Å²) in [5.74, 6) is -0.992. The van der Waals surface area contributed by atoms with E-state index in [0.29, 0.717) is 25.3 Å². The summed E-state index contributed by atoms with van der Waals surface area (Å²) in [6.45, 7) is 2.97. The van der Waals surface area contributed by atoms with E-state index in [1.807, 2.05) is 25.1 Å². The number of carbonyl (C=O) groups excluding carboxylic acids is 1. The summed E-state index contributed by atoms with van der Waals surface area (Å²) in [7, 11) is 0. The summed E-state index contributed by atoms with van der Waals surface area (Å²) < 4.78 is 5.32. The van der Waals surface area contributed by atoms with Crippen LogP contribution in [0.4, 0.5) is 10.5 Å². The zero-order chi connectivity index (χ0) is 15.0. The first-order valence-electron chi connectivity index (χ1n) is 7.00. The Hall–Kier alpha value is -2.08. The molecule has 3 rings (SSSR count). The number of para-hydroxylation sites is 1. The Bertz CT molecular complexity index is 581. The monoisotopic (exact) mass is 290 g/mol. The molecule has 2 atom stereocenters. The molecule has 2 N–H and O–H groups in total. The van der Waals surface area contributed by atoms with Gasteiger partial charge >= 0.3 is 12.0 Å². The standard InChI is InChI=1S/C15H18N2O4/c1-15(6-7-21-9-15)16-14(20)17-11-5-3-2-4-10(11)8-12(17)13(18)19/h2-5,12H,6-9H2,1H3,(H,16,20)(H,18,19)/t12-,15?/m0/s1. The third-order valence-electron chi connectivity index (χ3n) is 4.11. The van der Waals surface area contributed by atoms with Gasteiger partial charge in [-0.2, -0.15) is 0 Å². The number of benzene rings is 1. The highest BCUT2D eigenvalue weighted by atomic mass is 16.5. The van der Waals surface area contributed by atoms with E-state index in [2.05, 4.69) is 5.32 Å². The Labute approximate surface area is 122 Å². The second-order valence-electron chi connectivity index (χ2n) is 5.85. The van der Waals surface area contributed by atoms with E-state index >= 15 is 0 Å². The molecule has 1 fully saturated rings. The van der Waals surface area contributed by atoms with Crippen molar-refractivity contribution in [1.82, 2.24) is 5.32 Å². The van der Waals surface area contributed by atoms with E-state index in [9.17, 15) is 14.7 Å². The number of nitrogens with zero attached hydrogens (tertiary/aromatic N) is 1. The van der Waals surface area contributed by atoms with Crippen molar-refractivity contribution in [2.75, 3.05) is 18.1 Å². The minimum atomic E-state index is -0.992. The van der Waals surface area contributed by atoms with Gasteiger partial charge in [0.25, 0.3) is 0 Å². The van der Waals surface area contributed by atoms with Gasteiger partial charge in [-0.1, -0.05) is 18.2 Å². The van der Waals surface area contributed by atoms with Crippen molar-refractivity contribution in [1.29, 1.82) is 0 Å². The SMILES string of the molecule is CC1(NC(=O)N2c3ccccc3C[C@H]2C(=O)O)CCOC1. The van der Waals surface area contributed by atoms with Gasteiger partial charge < -0.3 is 15.2 Å². The summed E-state index contributed by atoms with van der Waals surface area (Å²) in [4.78, 5) is 25.4. The van der Waals surface area contributed by atoms with Crippen LogP contribution in [0.1, 0.15) is 18.9 Å². The van der Waals surface area contributed by atoms with Gasteiger partial charge in [0, 0.05) is 18.7 Å². The lowest BCUT2D eigenvalue weighted by Crippen LogP contribution is -2.55. The molecule has 112 valence electrons. The van der Waals surface area contributed by atoms with Crippen LogP contribution in [0.15, 0.2) is 24.3 Å². The molecule has 2 aliphatic rings. The topological polar surface area (TPSA) is 78.9 Å². The van der Waals surface area contributed by atoms with Crippen molar-refractivity contribution in [3.63, 3.8) is 0 Å². The van der Waals surface area contributed by atoms with Gasteiger partial charge in [0.2, 0.25) is 0 Å². The highest BCUT2D eigenvalue weighted by Crippen LogP contribution is 2.32. The van der Waals surface area contributed by atoms with Gasteiger partial charge in [-0.15, -0.1) is 0 Å². The number of hydrogen-bond acceptors (Lipinski definition) is 3. The largest absolute Gasteiger partial charge is 0.480 e. The average molecular weight is 290 g/mol. The van der Waals surface area contributed by atoms with Crippen molar-refractivity contribution in [2.45, 2.75) is 31.3 Å². The highest BCUT2D eigenvalue weighted by Gasteiger charge is 2.41. The van der Waals surface area contributed by atoms with Crippen molar-refractivity contribution in [2.24, 2.45) is 0 Å². The van der Waals surface area contributed by atoms with Crippen molar-refractivity contribution in [3.8, 4) is 0 Å². The highest BCUT2D eigenvalue weighted by molar-refractivity contribution is 6.01. The molecule has 2 heterocycles. The Kier molecular flexibility index (Phi) is 3.33. The van der Waals surface area contributed by atoms with E-state index < -0.39 is 17.6 Å². The lowest BCUT2D eigenvalue weighted by Gasteiger charge is -2.29. The predicted octanol–water partition coefficient (Wildman–Crippen LogP) is 1.39. The number of anilines is 1.